The number of carbonyl (C=O) groups excluding carboxylic acids is 1. The second-order valence-electron chi connectivity index (χ2n) is 7.25. The Morgan fingerprint density at radius 2 is 1.95 bits per heavy atom. The Labute approximate surface area is 133 Å². The molecule has 0 aromatic carbocycles. The Morgan fingerprint density at radius 1 is 1.19 bits per heavy atom. The van der Waals surface area contributed by atoms with Crippen molar-refractivity contribution in [1.82, 2.24) is 10.6 Å². The number of carbonyl (C=O) groups is 1. The maximum absolute atomic E-state index is 11.8. The van der Waals surface area contributed by atoms with Crippen molar-refractivity contribution in [2.75, 3.05) is 12.3 Å². The third-order valence-electron chi connectivity index (χ3n) is 4.06. The van der Waals surface area contributed by atoms with E-state index in [0.29, 0.717) is 6.04 Å². The smallest absolute Gasteiger partial charge is 0.407 e. The summed E-state index contributed by atoms with van der Waals surface area (Å²) < 4.78 is 5.32. The molecule has 1 aliphatic heterocycles. The Bertz CT molecular complexity index is 338. The Kier molecular flexibility index (Phi) is 6.23. The number of hydrogen-bond acceptors (Lipinski definition) is 4. The largest absolute Gasteiger partial charge is 0.444 e. The van der Waals surface area contributed by atoms with Gasteiger partial charge in [0.15, 0.2) is 0 Å². The van der Waals surface area contributed by atoms with E-state index in [1.165, 1.54) is 25.0 Å². The molecule has 1 aliphatic carbocycles. The van der Waals surface area contributed by atoms with Crippen molar-refractivity contribution in [3.63, 3.8) is 0 Å². The summed E-state index contributed by atoms with van der Waals surface area (Å²) in [6.07, 6.45) is 7.06. The Morgan fingerprint density at radius 3 is 2.62 bits per heavy atom. The molecule has 0 aromatic heterocycles. The van der Waals surface area contributed by atoms with Gasteiger partial charge in [-0.3, -0.25) is 0 Å². The van der Waals surface area contributed by atoms with Gasteiger partial charge in [-0.25, -0.2) is 4.79 Å². The fourth-order valence-electron chi connectivity index (χ4n) is 3.04. The van der Waals surface area contributed by atoms with Gasteiger partial charge in [0.25, 0.3) is 0 Å². The second-order valence-corrected chi connectivity index (χ2v) is 8.66. The molecule has 2 N–H and O–H groups in total. The van der Waals surface area contributed by atoms with Crippen molar-refractivity contribution >= 4 is 17.9 Å². The van der Waals surface area contributed by atoms with Gasteiger partial charge in [0.1, 0.15) is 5.60 Å². The normalized spacial score (nSPS) is 30.1. The summed E-state index contributed by atoms with van der Waals surface area (Å²) in [5.41, 5.74) is -0.418. The molecule has 0 aromatic rings. The number of ether oxygens (including phenoxy) is 1. The van der Waals surface area contributed by atoms with Crippen LogP contribution >= 0.6 is 11.8 Å². The van der Waals surface area contributed by atoms with Gasteiger partial charge in [-0.15, -0.1) is 0 Å². The first-order valence-corrected chi connectivity index (χ1v) is 9.32. The average molecular weight is 314 g/mol. The molecule has 0 spiro atoms. The summed E-state index contributed by atoms with van der Waals surface area (Å²) in [5, 5.41) is 7.48. The van der Waals surface area contributed by atoms with Crippen LogP contribution < -0.4 is 10.6 Å². The van der Waals surface area contributed by atoms with E-state index in [1.54, 1.807) is 0 Å². The minimum absolute atomic E-state index is 0.261. The summed E-state index contributed by atoms with van der Waals surface area (Å²) in [6.45, 7) is 6.81. The quantitative estimate of drug-likeness (QED) is 0.836. The van der Waals surface area contributed by atoms with Gasteiger partial charge in [-0.1, -0.05) is 6.42 Å². The fourth-order valence-corrected chi connectivity index (χ4v) is 4.29. The molecule has 21 heavy (non-hydrogen) atoms. The number of amides is 1. The van der Waals surface area contributed by atoms with Gasteiger partial charge in [-0.05, 0) is 58.6 Å². The summed E-state index contributed by atoms with van der Waals surface area (Å²) in [7, 11) is 0. The van der Waals surface area contributed by atoms with Crippen LogP contribution in [0.1, 0.15) is 59.3 Å². The highest BCUT2D eigenvalue weighted by Crippen LogP contribution is 2.25. The molecule has 122 valence electrons. The van der Waals surface area contributed by atoms with Crippen LogP contribution in [0.15, 0.2) is 0 Å². The van der Waals surface area contributed by atoms with Gasteiger partial charge < -0.3 is 15.4 Å². The van der Waals surface area contributed by atoms with E-state index in [0.717, 1.165) is 31.1 Å². The molecule has 3 unspecified atom stereocenters. The van der Waals surface area contributed by atoms with E-state index in [4.69, 9.17) is 4.74 Å². The van der Waals surface area contributed by atoms with Crippen molar-refractivity contribution in [3.05, 3.63) is 0 Å². The van der Waals surface area contributed by atoms with Crippen LogP contribution in [-0.2, 0) is 4.74 Å². The predicted octanol–water partition coefficient (Wildman–Crippen LogP) is 3.31. The molecule has 4 nitrogen and oxygen atoms in total. The van der Waals surface area contributed by atoms with Gasteiger partial charge in [0.05, 0.1) is 0 Å². The molecule has 1 saturated carbocycles. The van der Waals surface area contributed by atoms with Crippen LogP contribution in [0.3, 0.4) is 0 Å². The van der Waals surface area contributed by atoms with Gasteiger partial charge in [0, 0.05) is 23.9 Å². The van der Waals surface area contributed by atoms with Gasteiger partial charge in [0.2, 0.25) is 0 Å². The van der Waals surface area contributed by atoms with Crippen molar-refractivity contribution in [1.29, 1.82) is 0 Å². The zero-order valence-electron chi connectivity index (χ0n) is 13.6. The fraction of sp³-hybridized carbons (Fsp3) is 0.938. The molecule has 0 radical (unpaired) electrons. The predicted molar refractivity (Wildman–Crippen MR) is 88.9 cm³/mol. The lowest BCUT2D eigenvalue weighted by molar-refractivity contribution is 0.0505. The molecule has 2 fully saturated rings. The van der Waals surface area contributed by atoms with Crippen molar-refractivity contribution < 1.29 is 9.53 Å². The first-order chi connectivity index (χ1) is 9.92. The Hall–Kier alpha value is -0.420. The van der Waals surface area contributed by atoms with E-state index >= 15 is 0 Å². The third kappa shape index (κ3) is 6.47. The van der Waals surface area contributed by atoms with E-state index < -0.39 is 5.60 Å². The molecular formula is C16H30N2O2S. The van der Waals surface area contributed by atoms with Crippen LogP contribution in [0, 0.1) is 0 Å². The number of hydrogen-bond donors (Lipinski definition) is 2. The molecule has 0 bridgehead atoms. The maximum atomic E-state index is 11.8. The highest BCUT2D eigenvalue weighted by Gasteiger charge is 2.28. The zero-order chi connectivity index (χ0) is 15.3. The molecule has 5 heteroatoms. The van der Waals surface area contributed by atoms with Crippen LogP contribution in [-0.4, -0.2) is 41.3 Å². The van der Waals surface area contributed by atoms with Gasteiger partial charge in [-0.2, -0.15) is 11.8 Å². The number of alkyl carbamates (subject to hydrolysis) is 1. The lowest BCUT2D eigenvalue weighted by Gasteiger charge is -2.24. The van der Waals surface area contributed by atoms with Gasteiger partial charge >= 0.3 is 6.09 Å². The second kappa shape index (κ2) is 7.73. The van der Waals surface area contributed by atoms with E-state index in [9.17, 15) is 4.79 Å². The maximum Gasteiger partial charge on any atom is 0.407 e. The molecular weight excluding hydrogens is 284 g/mol. The first-order valence-electron chi connectivity index (χ1n) is 8.27. The number of thioether (sulfide) groups is 1. The first kappa shape index (κ1) is 16.9. The van der Waals surface area contributed by atoms with Crippen LogP contribution in [0.2, 0.25) is 0 Å². The summed E-state index contributed by atoms with van der Waals surface area (Å²) >= 11 is 2.11. The lowest BCUT2D eigenvalue weighted by Crippen LogP contribution is -2.39. The Balaban J connectivity index is 1.62. The topological polar surface area (TPSA) is 50.4 Å². The standard InChI is InChI=1S/C16H30N2O2S/c1-16(2,3)20-15(19)18-13-8-7-12(10-13)17-11-14-6-4-5-9-21-14/h12-14,17H,4-11H2,1-3H3,(H,18,19). The minimum Gasteiger partial charge on any atom is -0.444 e. The average Bonchev–Trinajstić information content (AvgIpc) is 2.83. The van der Waals surface area contributed by atoms with Crippen LogP contribution in [0.5, 0.6) is 0 Å². The molecule has 1 amide bonds. The molecule has 1 heterocycles. The van der Waals surface area contributed by atoms with Crippen LogP contribution in [0.25, 0.3) is 0 Å². The van der Waals surface area contributed by atoms with Crippen LogP contribution in [0.4, 0.5) is 4.79 Å². The molecule has 2 aliphatic rings. The highest BCUT2D eigenvalue weighted by molar-refractivity contribution is 7.99. The third-order valence-corrected chi connectivity index (χ3v) is 5.46. The minimum atomic E-state index is -0.418. The van der Waals surface area contributed by atoms with Crippen molar-refractivity contribution in [2.24, 2.45) is 0 Å². The molecule has 3 atom stereocenters. The molecule has 1 saturated heterocycles. The number of nitrogens with one attached hydrogen (secondary N) is 2. The van der Waals surface area contributed by atoms with Crippen molar-refractivity contribution in [3.8, 4) is 0 Å². The highest BCUT2D eigenvalue weighted by atomic mass is 32.2. The summed E-state index contributed by atoms with van der Waals surface area (Å²) in [6, 6.07) is 0.809. The zero-order valence-corrected chi connectivity index (χ0v) is 14.4. The SMILES string of the molecule is CC(C)(C)OC(=O)NC1CCC(NCC2CCCCS2)C1. The number of rotatable bonds is 4. The van der Waals surface area contributed by atoms with E-state index in [-0.39, 0.29) is 12.1 Å². The molecule has 2 rings (SSSR count). The van der Waals surface area contributed by atoms with Crippen molar-refractivity contribution in [2.45, 2.75) is 82.2 Å². The summed E-state index contributed by atoms with van der Waals surface area (Å²) in [4.78, 5) is 11.8. The summed E-state index contributed by atoms with van der Waals surface area (Å²) in [5.74, 6) is 1.32. The van der Waals surface area contributed by atoms with E-state index in [1.807, 2.05) is 20.8 Å². The van der Waals surface area contributed by atoms with E-state index in [2.05, 4.69) is 22.4 Å². The lowest BCUT2D eigenvalue weighted by atomic mass is 10.1. The monoisotopic (exact) mass is 314 g/mol.